The lowest BCUT2D eigenvalue weighted by molar-refractivity contribution is -0.151. The Morgan fingerprint density at radius 3 is 2.75 bits per heavy atom. The van der Waals surface area contributed by atoms with Crippen molar-refractivity contribution in [2.24, 2.45) is 0 Å². The summed E-state index contributed by atoms with van der Waals surface area (Å²) < 4.78 is 23.2. The molecule has 16 heavy (non-hydrogen) atoms. The van der Waals surface area contributed by atoms with Crippen LogP contribution in [-0.2, 0) is 9.53 Å². The van der Waals surface area contributed by atoms with Crippen LogP contribution in [-0.4, -0.2) is 18.7 Å². The summed E-state index contributed by atoms with van der Waals surface area (Å²) in [5.74, 6) is -0.911. The van der Waals surface area contributed by atoms with Gasteiger partial charge in [0.2, 0.25) is 0 Å². The van der Waals surface area contributed by atoms with Crippen LogP contribution in [0.5, 0.6) is 5.75 Å². The number of benzene rings is 1. The first-order valence-corrected chi connectivity index (χ1v) is 5.23. The smallest absolute Gasteiger partial charge is 0.347 e. The monoisotopic (exact) mass is 226 g/mol. The van der Waals surface area contributed by atoms with Gasteiger partial charge in [-0.15, -0.1) is 0 Å². The van der Waals surface area contributed by atoms with Crippen LogP contribution in [0.2, 0.25) is 0 Å². The van der Waals surface area contributed by atoms with E-state index in [9.17, 15) is 9.18 Å². The molecule has 0 aliphatic heterocycles. The van der Waals surface area contributed by atoms with Crippen LogP contribution in [0.3, 0.4) is 0 Å². The molecule has 0 saturated heterocycles. The Labute approximate surface area is 94.2 Å². The average molecular weight is 226 g/mol. The molecular weight excluding hydrogens is 211 g/mol. The second-order valence-electron chi connectivity index (χ2n) is 3.36. The minimum atomic E-state index is -0.802. The zero-order valence-electron chi connectivity index (χ0n) is 9.40. The number of para-hydroxylation sites is 1. The highest BCUT2D eigenvalue weighted by atomic mass is 19.1. The SMILES string of the molecule is CCCOC(=O)C(C)Oc1ccccc1F. The van der Waals surface area contributed by atoms with Crippen molar-refractivity contribution in [3.05, 3.63) is 30.1 Å². The Kier molecular flexibility index (Phi) is 4.76. The van der Waals surface area contributed by atoms with Gasteiger partial charge in [0.1, 0.15) is 0 Å². The minimum absolute atomic E-state index is 0.0587. The first-order valence-electron chi connectivity index (χ1n) is 5.23. The summed E-state index contributed by atoms with van der Waals surface area (Å²) in [5, 5.41) is 0. The van der Waals surface area contributed by atoms with E-state index in [1.165, 1.54) is 19.1 Å². The van der Waals surface area contributed by atoms with E-state index in [0.29, 0.717) is 6.61 Å². The number of halogens is 1. The third kappa shape index (κ3) is 3.53. The largest absolute Gasteiger partial charge is 0.476 e. The Hall–Kier alpha value is -1.58. The third-order valence-corrected chi connectivity index (χ3v) is 1.92. The third-order valence-electron chi connectivity index (χ3n) is 1.92. The van der Waals surface area contributed by atoms with Crippen molar-refractivity contribution in [1.29, 1.82) is 0 Å². The first kappa shape index (κ1) is 12.5. The van der Waals surface area contributed by atoms with Gasteiger partial charge >= 0.3 is 5.97 Å². The van der Waals surface area contributed by atoms with Crippen LogP contribution in [0.4, 0.5) is 4.39 Å². The van der Waals surface area contributed by atoms with Crippen molar-refractivity contribution in [2.75, 3.05) is 6.61 Å². The fourth-order valence-electron chi connectivity index (χ4n) is 1.10. The standard InChI is InChI=1S/C12H15FO3/c1-3-8-15-12(14)9(2)16-11-7-5-4-6-10(11)13/h4-7,9H,3,8H2,1-2H3. The summed E-state index contributed by atoms with van der Waals surface area (Å²) in [7, 11) is 0. The zero-order chi connectivity index (χ0) is 12.0. The highest BCUT2D eigenvalue weighted by molar-refractivity contribution is 5.74. The molecule has 0 aromatic heterocycles. The Bertz CT molecular complexity index is 352. The maximum Gasteiger partial charge on any atom is 0.347 e. The summed E-state index contributed by atoms with van der Waals surface area (Å²) in [6, 6.07) is 5.95. The van der Waals surface area contributed by atoms with E-state index >= 15 is 0 Å². The van der Waals surface area contributed by atoms with Crippen LogP contribution >= 0.6 is 0 Å². The highest BCUT2D eigenvalue weighted by Gasteiger charge is 2.17. The Balaban J connectivity index is 2.54. The summed E-state index contributed by atoms with van der Waals surface area (Å²) in [5.41, 5.74) is 0. The molecule has 1 aromatic rings. The van der Waals surface area contributed by atoms with Gasteiger partial charge < -0.3 is 9.47 Å². The van der Waals surface area contributed by atoms with Gasteiger partial charge in [-0.2, -0.15) is 0 Å². The Morgan fingerprint density at radius 1 is 1.44 bits per heavy atom. The zero-order valence-corrected chi connectivity index (χ0v) is 9.40. The van der Waals surface area contributed by atoms with Gasteiger partial charge in [-0.25, -0.2) is 9.18 Å². The van der Waals surface area contributed by atoms with E-state index in [4.69, 9.17) is 9.47 Å². The molecule has 1 rings (SSSR count). The van der Waals surface area contributed by atoms with Crippen molar-refractivity contribution >= 4 is 5.97 Å². The van der Waals surface area contributed by atoms with Crippen LogP contribution in [0.1, 0.15) is 20.3 Å². The van der Waals surface area contributed by atoms with Crippen molar-refractivity contribution < 1.29 is 18.7 Å². The minimum Gasteiger partial charge on any atom is -0.476 e. The van der Waals surface area contributed by atoms with E-state index in [1.54, 1.807) is 12.1 Å². The fourth-order valence-corrected chi connectivity index (χ4v) is 1.10. The van der Waals surface area contributed by atoms with Gasteiger partial charge in [0, 0.05) is 0 Å². The first-order chi connectivity index (χ1) is 7.65. The van der Waals surface area contributed by atoms with Crippen molar-refractivity contribution in [3.63, 3.8) is 0 Å². The molecule has 0 fully saturated rings. The molecule has 1 atom stereocenters. The van der Waals surface area contributed by atoms with Crippen LogP contribution in [0, 0.1) is 5.82 Å². The molecule has 0 radical (unpaired) electrons. The van der Waals surface area contributed by atoms with Gasteiger partial charge in [-0.3, -0.25) is 0 Å². The topological polar surface area (TPSA) is 35.5 Å². The number of ether oxygens (including phenoxy) is 2. The molecule has 88 valence electrons. The van der Waals surface area contributed by atoms with Crippen LogP contribution in [0.15, 0.2) is 24.3 Å². The molecule has 0 spiro atoms. The van der Waals surface area contributed by atoms with E-state index in [2.05, 4.69) is 0 Å². The second-order valence-corrected chi connectivity index (χ2v) is 3.36. The predicted octanol–water partition coefficient (Wildman–Crippen LogP) is 2.55. The molecule has 0 aliphatic carbocycles. The molecule has 0 amide bonds. The average Bonchev–Trinajstić information content (AvgIpc) is 2.28. The second kappa shape index (κ2) is 6.10. The molecule has 0 heterocycles. The summed E-state index contributed by atoms with van der Waals surface area (Å²) >= 11 is 0. The summed E-state index contributed by atoms with van der Waals surface area (Å²) in [6.07, 6.45) is -0.0542. The van der Waals surface area contributed by atoms with Crippen LogP contribution in [0.25, 0.3) is 0 Å². The molecule has 0 saturated carbocycles. The lowest BCUT2D eigenvalue weighted by Gasteiger charge is -2.13. The molecular formula is C12H15FO3. The number of carbonyl (C=O) groups excluding carboxylic acids is 1. The maximum absolute atomic E-state index is 13.2. The van der Waals surface area contributed by atoms with Crippen LogP contribution < -0.4 is 4.74 Å². The van der Waals surface area contributed by atoms with E-state index < -0.39 is 17.9 Å². The lowest BCUT2D eigenvalue weighted by Crippen LogP contribution is -2.26. The molecule has 0 N–H and O–H groups in total. The van der Waals surface area contributed by atoms with Crippen molar-refractivity contribution in [3.8, 4) is 5.75 Å². The van der Waals surface area contributed by atoms with E-state index in [0.717, 1.165) is 6.42 Å². The Morgan fingerprint density at radius 2 is 2.12 bits per heavy atom. The normalized spacial score (nSPS) is 11.9. The van der Waals surface area contributed by atoms with Crippen molar-refractivity contribution in [2.45, 2.75) is 26.4 Å². The molecule has 0 aliphatic rings. The molecule has 1 unspecified atom stereocenters. The number of carbonyl (C=O) groups is 1. The fraction of sp³-hybridized carbons (Fsp3) is 0.417. The van der Waals surface area contributed by atoms with Gasteiger partial charge in [0.05, 0.1) is 6.61 Å². The maximum atomic E-state index is 13.2. The number of esters is 1. The van der Waals surface area contributed by atoms with E-state index in [-0.39, 0.29) is 5.75 Å². The van der Waals surface area contributed by atoms with Crippen molar-refractivity contribution in [1.82, 2.24) is 0 Å². The number of rotatable bonds is 5. The molecule has 3 nitrogen and oxygen atoms in total. The summed E-state index contributed by atoms with van der Waals surface area (Å²) in [6.45, 7) is 3.78. The van der Waals surface area contributed by atoms with Gasteiger partial charge in [-0.1, -0.05) is 19.1 Å². The number of hydrogen-bond acceptors (Lipinski definition) is 3. The van der Waals surface area contributed by atoms with Gasteiger partial charge in [-0.05, 0) is 25.5 Å². The molecule has 1 aromatic carbocycles. The molecule has 0 bridgehead atoms. The predicted molar refractivity (Wildman–Crippen MR) is 57.7 cm³/mol. The quantitative estimate of drug-likeness (QED) is 0.724. The lowest BCUT2D eigenvalue weighted by atomic mass is 10.3. The van der Waals surface area contributed by atoms with E-state index in [1.807, 2.05) is 6.92 Å². The van der Waals surface area contributed by atoms with Gasteiger partial charge in [0.15, 0.2) is 17.7 Å². The highest BCUT2D eigenvalue weighted by Crippen LogP contribution is 2.17. The molecule has 4 heteroatoms. The van der Waals surface area contributed by atoms with Gasteiger partial charge in [0.25, 0.3) is 0 Å². The summed E-state index contributed by atoms with van der Waals surface area (Å²) in [4.78, 5) is 11.3. The number of hydrogen-bond donors (Lipinski definition) is 0.